The summed E-state index contributed by atoms with van der Waals surface area (Å²) in [6, 6.07) is 3.69. The molecular formula is C14H14IN5O. The fourth-order valence-corrected chi connectivity index (χ4v) is 3.46. The van der Waals surface area contributed by atoms with Gasteiger partial charge in [0.15, 0.2) is 5.65 Å². The quantitative estimate of drug-likeness (QED) is 0.615. The van der Waals surface area contributed by atoms with E-state index in [9.17, 15) is 4.79 Å². The maximum atomic E-state index is 12.0. The number of hydrogen-bond donors (Lipinski definition) is 2. The fourth-order valence-electron chi connectivity index (χ4n) is 3.01. The summed E-state index contributed by atoms with van der Waals surface area (Å²) >= 11 is 2.22. The molecular weight excluding hydrogens is 381 g/mol. The largest absolute Gasteiger partial charge is 0.317 e. The molecule has 1 aliphatic rings. The third-order valence-electron chi connectivity index (χ3n) is 4.02. The maximum Gasteiger partial charge on any atom is 0.251 e. The molecule has 6 nitrogen and oxygen atoms in total. The third-order valence-corrected chi connectivity index (χ3v) is 4.61. The highest BCUT2D eigenvalue weighted by molar-refractivity contribution is 14.1. The summed E-state index contributed by atoms with van der Waals surface area (Å²) in [6.45, 7) is 1.96. The van der Waals surface area contributed by atoms with Crippen LogP contribution in [0.2, 0.25) is 0 Å². The molecule has 4 rings (SSSR count). The molecule has 3 aromatic heterocycles. The molecule has 0 aromatic carbocycles. The monoisotopic (exact) mass is 395 g/mol. The van der Waals surface area contributed by atoms with E-state index in [0.717, 1.165) is 46.2 Å². The summed E-state index contributed by atoms with van der Waals surface area (Å²) in [5, 5.41) is 8.83. The Morgan fingerprint density at radius 1 is 1.29 bits per heavy atom. The number of piperidine rings is 1. The molecule has 4 heterocycles. The second kappa shape index (κ2) is 5.06. The number of aromatic nitrogens is 4. The summed E-state index contributed by atoms with van der Waals surface area (Å²) in [7, 11) is 0. The van der Waals surface area contributed by atoms with Gasteiger partial charge in [0.25, 0.3) is 5.56 Å². The van der Waals surface area contributed by atoms with Crippen molar-refractivity contribution in [1.82, 2.24) is 24.9 Å². The highest BCUT2D eigenvalue weighted by atomic mass is 127. The number of aromatic amines is 1. The van der Waals surface area contributed by atoms with Crippen molar-refractivity contribution in [3.8, 4) is 0 Å². The molecule has 1 aliphatic heterocycles. The summed E-state index contributed by atoms with van der Waals surface area (Å²) in [4.78, 5) is 19.3. The van der Waals surface area contributed by atoms with Crippen molar-refractivity contribution in [3.05, 3.63) is 37.9 Å². The van der Waals surface area contributed by atoms with Crippen LogP contribution in [0, 0.1) is 3.57 Å². The molecule has 1 fully saturated rings. The highest BCUT2D eigenvalue weighted by Crippen LogP contribution is 2.26. The Hall–Kier alpha value is -1.48. The number of fused-ring (bicyclic) bond motifs is 3. The SMILES string of the molecule is O=c1cc(C2CCNCC2)n2nc3ncc(I)cc3c2[nH]1. The molecule has 7 heteroatoms. The third kappa shape index (κ3) is 2.24. The standard InChI is InChI=1S/C14H14IN5O/c15-9-5-10-13(17-7-9)19-20-11(6-12(21)18-14(10)20)8-1-3-16-4-2-8/h5-8,16H,1-4H2,(H,18,21). The minimum absolute atomic E-state index is 0.0725. The van der Waals surface area contributed by atoms with Crippen molar-refractivity contribution < 1.29 is 0 Å². The zero-order valence-corrected chi connectivity index (χ0v) is 13.4. The van der Waals surface area contributed by atoms with Crippen LogP contribution in [0.15, 0.2) is 23.1 Å². The molecule has 0 amide bonds. The predicted molar refractivity (Wildman–Crippen MR) is 88.7 cm³/mol. The van der Waals surface area contributed by atoms with Crippen molar-refractivity contribution in [1.29, 1.82) is 0 Å². The molecule has 0 saturated carbocycles. The van der Waals surface area contributed by atoms with Crippen LogP contribution in [-0.2, 0) is 0 Å². The molecule has 0 atom stereocenters. The highest BCUT2D eigenvalue weighted by Gasteiger charge is 2.20. The van der Waals surface area contributed by atoms with Crippen LogP contribution >= 0.6 is 22.6 Å². The Balaban J connectivity index is 2.02. The van der Waals surface area contributed by atoms with Gasteiger partial charge in [-0.2, -0.15) is 0 Å². The van der Waals surface area contributed by atoms with E-state index in [4.69, 9.17) is 0 Å². The molecule has 0 radical (unpaired) electrons. The zero-order chi connectivity index (χ0) is 14.4. The fraction of sp³-hybridized carbons (Fsp3) is 0.357. The minimum Gasteiger partial charge on any atom is -0.317 e. The molecule has 0 aliphatic carbocycles. The first-order chi connectivity index (χ1) is 10.2. The van der Waals surface area contributed by atoms with Gasteiger partial charge in [0.1, 0.15) is 5.65 Å². The van der Waals surface area contributed by atoms with E-state index >= 15 is 0 Å². The van der Waals surface area contributed by atoms with Gasteiger partial charge in [-0.3, -0.25) is 4.79 Å². The molecule has 1 saturated heterocycles. The van der Waals surface area contributed by atoms with Gasteiger partial charge in [0.2, 0.25) is 0 Å². The molecule has 0 unspecified atom stereocenters. The summed E-state index contributed by atoms with van der Waals surface area (Å²) < 4.78 is 2.90. The second-order valence-corrected chi connectivity index (χ2v) is 6.61. The van der Waals surface area contributed by atoms with Crippen LogP contribution in [0.25, 0.3) is 16.7 Å². The van der Waals surface area contributed by atoms with E-state index in [1.54, 1.807) is 12.3 Å². The van der Waals surface area contributed by atoms with Gasteiger partial charge < -0.3 is 10.3 Å². The van der Waals surface area contributed by atoms with Crippen LogP contribution in [-0.4, -0.2) is 32.7 Å². The van der Waals surface area contributed by atoms with Gasteiger partial charge in [0.05, 0.1) is 11.1 Å². The molecule has 21 heavy (non-hydrogen) atoms. The van der Waals surface area contributed by atoms with Crippen molar-refractivity contribution in [2.45, 2.75) is 18.8 Å². The summed E-state index contributed by atoms with van der Waals surface area (Å²) in [6.07, 6.45) is 3.84. The molecule has 3 aromatic rings. The average Bonchev–Trinajstić information content (AvgIpc) is 2.85. The van der Waals surface area contributed by atoms with Crippen molar-refractivity contribution >= 4 is 39.3 Å². The van der Waals surface area contributed by atoms with Crippen molar-refractivity contribution in [2.24, 2.45) is 0 Å². The topological polar surface area (TPSA) is 75.1 Å². The summed E-state index contributed by atoms with van der Waals surface area (Å²) in [5.41, 5.74) is 2.34. The Morgan fingerprint density at radius 2 is 2.10 bits per heavy atom. The molecule has 0 spiro atoms. The first-order valence-electron chi connectivity index (χ1n) is 7.00. The number of nitrogens with one attached hydrogen (secondary N) is 2. The zero-order valence-electron chi connectivity index (χ0n) is 11.3. The normalized spacial score (nSPS) is 16.8. The average molecular weight is 395 g/mol. The van der Waals surface area contributed by atoms with Gasteiger partial charge in [-0.25, -0.2) is 9.50 Å². The first-order valence-corrected chi connectivity index (χ1v) is 8.08. The van der Waals surface area contributed by atoms with Gasteiger partial charge in [-0.05, 0) is 54.6 Å². The van der Waals surface area contributed by atoms with Crippen molar-refractivity contribution in [3.63, 3.8) is 0 Å². The Labute approximate surface area is 134 Å². The number of H-pyrrole nitrogens is 1. The second-order valence-electron chi connectivity index (χ2n) is 5.37. The number of rotatable bonds is 1. The van der Waals surface area contributed by atoms with Gasteiger partial charge in [-0.1, -0.05) is 0 Å². The van der Waals surface area contributed by atoms with Crippen LogP contribution < -0.4 is 10.9 Å². The van der Waals surface area contributed by atoms with Gasteiger partial charge in [0, 0.05) is 21.8 Å². The molecule has 108 valence electrons. The number of pyridine rings is 1. The molecule has 0 bridgehead atoms. The van der Waals surface area contributed by atoms with E-state index in [2.05, 4.69) is 43.0 Å². The predicted octanol–water partition coefficient (Wildman–Crippen LogP) is 1.64. The smallest absolute Gasteiger partial charge is 0.251 e. The van der Waals surface area contributed by atoms with Crippen molar-refractivity contribution in [2.75, 3.05) is 13.1 Å². The van der Waals surface area contributed by atoms with E-state index in [1.165, 1.54) is 0 Å². The number of hydrogen-bond acceptors (Lipinski definition) is 4. The maximum absolute atomic E-state index is 12.0. The van der Waals surface area contributed by atoms with E-state index < -0.39 is 0 Å². The lowest BCUT2D eigenvalue weighted by atomic mass is 9.94. The van der Waals surface area contributed by atoms with Gasteiger partial charge in [-0.15, -0.1) is 5.10 Å². The number of nitrogens with zero attached hydrogens (tertiary/aromatic N) is 3. The van der Waals surface area contributed by atoms with Gasteiger partial charge >= 0.3 is 0 Å². The van der Waals surface area contributed by atoms with E-state index in [0.29, 0.717) is 11.6 Å². The Kier molecular flexibility index (Phi) is 3.18. The lowest BCUT2D eigenvalue weighted by Gasteiger charge is -2.22. The van der Waals surface area contributed by atoms with Crippen LogP contribution in [0.3, 0.4) is 0 Å². The number of halogens is 1. The Bertz CT molecular complexity index is 878. The first kappa shape index (κ1) is 13.2. The van der Waals surface area contributed by atoms with E-state index in [1.807, 2.05) is 10.6 Å². The van der Waals surface area contributed by atoms with Crippen LogP contribution in [0.5, 0.6) is 0 Å². The van der Waals surface area contributed by atoms with E-state index in [-0.39, 0.29) is 5.56 Å². The lowest BCUT2D eigenvalue weighted by Crippen LogP contribution is -2.28. The lowest BCUT2D eigenvalue weighted by molar-refractivity contribution is 0.446. The van der Waals surface area contributed by atoms with Crippen LogP contribution in [0.1, 0.15) is 24.5 Å². The van der Waals surface area contributed by atoms with Crippen LogP contribution in [0.4, 0.5) is 0 Å². The molecule has 2 N–H and O–H groups in total. The summed E-state index contributed by atoms with van der Waals surface area (Å²) in [5.74, 6) is 0.365. The Morgan fingerprint density at radius 3 is 2.90 bits per heavy atom. The minimum atomic E-state index is -0.0725.